The molecule has 0 aliphatic heterocycles. The van der Waals surface area contributed by atoms with Gasteiger partial charge in [-0.25, -0.2) is 0 Å². The Labute approximate surface area is 131 Å². The highest BCUT2D eigenvalue weighted by molar-refractivity contribution is 6.33. The van der Waals surface area contributed by atoms with E-state index in [0.717, 1.165) is 0 Å². The lowest BCUT2D eigenvalue weighted by atomic mass is 10.3. The van der Waals surface area contributed by atoms with Gasteiger partial charge in [-0.1, -0.05) is 23.2 Å². The first-order valence-corrected chi connectivity index (χ1v) is 6.92. The molecule has 0 aliphatic rings. The lowest BCUT2D eigenvalue weighted by molar-refractivity contribution is 0.794. The molecular weight excluding hydrogens is 311 g/mol. The summed E-state index contributed by atoms with van der Waals surface area (Å²) in [5, 5.41) is 13.4. The van der Waals surface area contributed by atoms with Crippen LogP contribution in [0.15, 0.2) is 35.3 Å². The zero-order chi connectivity index (χ0) is 15.4. The summed E-state index contributed by atoms with van der Waals surface area (Å²) in [6.07, 6.45) is 1.85. The van der Waals surface area contributed by atoms with E-state index in [0.29, 0.717) is 29.4 Å². The lowest BCUT2D eigenvalue weighted by Gasteiger charge is -2.18. The molecule has 0 fully saturated rings. The summed E-state index contributed by atoms with van der Waals surface area (Å²) in [6.45, 7) is 0.475. The molecule has 2 rings (SSSR count). The fraction of sp³-hybridized carbons (Fsp3) is 0.214. The molecule has 108 valence electrons. The number of nitriles is 1. The Morgan fingerprint density at radius 2 is 2.00 bits per heavy atom. The molecule has 1 aromatic heterocycles. The molecular formula is C14H12Cl2N4O. The highest BCUT2D eigenvalue weighted by atomic mass is 35.5. The van der Waals surface area contributed by atoms with Crippen molar-refractivity contribution in [1.29, 1.82) is 5.26 Å². The maximum absolute atomic E-state index is 12.3. The van der Waals surface area contributed by atoms with Gasteiger partial charge in [-0.2, -0.15) is 15.0 Å². The molecule has 0 aliphatic carbocycles. The van der Waals surface area contributed by atoms with E-state index in [-0.39, 0.29) is 5.02 Å². The summed E-state index contributed by atoms with van der Waals surface area (Å²) in [6, 6.07) is 8.76. The van der Waals surface area contributed by atoms with E-state index in [9.17, 15) is 4.79 Å². The predicted molar refractivity (Wildman–Crippen MR) is 83.4 cm³/mol. The van der Waals surface area contributed by atoms with E-state index in [1.807, 2.05) is 6.07 Å². The van der Waals surface area contributed by atoms with Gasteiger partial charge in [0.05, 0.1) is 30.1 Å². The van der Waals surface area contributed by atoms with Gasteiger partial charge in [0.1, 0.15) is 5.02 Å². The first-order valence-electron chi connectivity index (χ1n) is 6.16. The van der Waals surface area contributed by atoms with Gasteiger partial charge in [-0.15, -0.1) is 0 Å². The summed E-state index contributed by atoms with van der Waals surface area (Å²) in [4.78, 5) is 14.0. The second-order valence-electron chi connectivity index (χ2n) is 4.37. The van der Waals surface area contributed by atoms with Crippen molar-refractivity contribution in [3.05, 3.63) is 50.9 Å². The Morgan fingerprint density at radius 1 is 1.33 bits per heavy atom. The Kier molecular flexibility index (Phi) is 4.84. The van der Waals surface area contributed by atoms with Crippen LogP contribution in [0.2, 0.25) is 10.0 Å². The van der Waals surface area contributed by atoms with Crippen molar-refractivity contribution in [3.63, 3.8) is 0 Å². The van der Waals surface area contributed by atoms with Gasteiger partial charge >= 0.3 is 0 Å². The maximum atomic E-state index is 12.3. The number of hydrogen-bond donors (Lipinski definition) is 0. The van der Waals surface area contributed by atoms with Crippen LogP contribution < -0.4 is 10.5 Å². The average Bonchev–Trinajstić information content (AvgIpc) is 2.48. The topological polar surface area (TPSA) is 61.9 Å². The minimum atomic E-state index is -0.416. The molecule has 0 bridgehead atoms. The highest BCUT2D eigenvalue weighted by Crippen LogP contribution is 2.21. The quantitative estimate of drug-likeness (QED) is 0.868. The molecule has 0 saturated carbocycles. The summed E-state index contributed by atoms with van der Waals surface area (Å²) in [5.41, 5.74) is 0.667. The first kappa shape index (κ1) is 15.4. The standard InChI is InChI=1S/C14H12Cl2N4O/c1-19(8-2-7-17)12-9-18-20(14(21)13(12)16)11-5-3-10(15)4-6-11/h3-6,9H,2,8H2,1H3. The molecule has 1 aromatic carbocycles. The van der Waals surface area contributed by atoms with E-state index in [1.165, 1.54) is 10.9 Å². The van der Waals surface area contributed by atoms with Gasteiger partial charge in [0, 0.05) is 18.6 Å². The smallest absolute Gasteiger partial charge is 0.292 e. The number of nitrogens with zero attached hydrogens (tertiary/aromatic N) is 4. The molecule has 0 unspecified atom stereocenters. The van der Waals surface area contributed by atoms with Crippen LogP contribution in [0.3, 0.4) is 0 Å². The second kappa shape index (κ2) is 6.61. The van der Waals surface area contributed by atoms with Crippen LogP contribution in [0.1, 0.15) is 6.42 Å². The maximum Gasteiger partial charge on any atom is 0.292 e. The van der Waals surface area contributed by atoms with E-state index in [2.05, 4.69) is 5.10 Å². The zero-order valence-corrected chi connectivity index (χ0v) is 12.8. The van der Waals surface area contributed by atoms with Gasteiger partial charge in [0.25, 0.3) is 5.56 Å². The van der Waals surface area contributed by atoms with E-state index < -0.39 is 5.56 Å². The molecule has 7 heteroatoms. The molecule has 21 heavy (non-hydrogen) atoms. The number of aromatic nitrogens is 2. The van der Waals surface area contributed by atoms with Crippen LogP contribution in [0.4, 0.5) is 5.69 Å². The Hall–Kier alpha value is -2.03. The van der Waals surface area contributed by atoms with Crippen molar-refractivity contribution in [2.45, 2.75) is 6.42 Å². The van der Waals surface area contributed by atoms with Gasteiger partial charge in [0.15, 0.2) is 0 Å². The van der Waals surface area contributed by atoms with E-state index >= 15 is 0 Å². The lowest BCUT2D eigenvalue weighted by Crippen LogP contribution is -2.26. The Bertz CT molecular complexity index is 734. The van der Waals surface area contributed by atoms with Crippen molar-refractivity contribution >= 4 is 28.9 Å². The van der Waals surface area contributed by atoms with Crippen LogP contribution in [0.5, 0.6) is 0 Å². The monoisotopic (exact) mass is 322 g/mol. The fourth-order valence-corrected chi connectivity index (χ4v) is 2.19. The van der Waals surface area contributed by atoms with Crippen molar-refractivity contribution < 1.29 is 0 Å². The second-order valence-corrected chi connectivity index (χ2v) is 5.18. The van der Waals surface area contributed by atoms with Crippen LogP contribution in [0, 0.1) is 11.3 Å². The molecule has 1 heterocycles. The van der Waals surface area contributed by atoms with Crippen LogP contribution in [-0.4, -0.2) is 23.4 Å². The third kappa shape index (κ3) is 3.35. The fourth-order valence-electron chi connectivity index (χ4n) is 1.79. The number of halogens is 2. The molecule has 0 spiro atoms. The van der Waals surface area contributed by atoms with Gasteiger partial charge in [-0.05, 0) is 24.3 Å². The largest absolute Gasteiger partial charge is 0.371 e. The number of rotatable bonds is 4. The van der Waals surface area contributed by atoms with Crippen molar-refractivity contribution in [2.75, 3.05) is 18.5 Å². The molecule has 0 radical (unpaired) electrons. The molecule has 2 aromatic rings. The van der Waals surface area contributed by atoms with Gasteiger partial charge < -0.3 is 4.90 Å². The van der Waals surface area contributed by atoms with Crippen molar-refractivity contribution in [3.8, 4) is 11.8 Å². The van der Waals surface area contributed by atoms with Gasteiger partial charge in [-0.3, -0.25) is 4.79 Å². The predicted octanol–water partition coefficient (Wildman–Crippen LogP) is 2.89. The zero-order valence-electron chi connectivity index (χ0n) is 11.3. The van der Waals surface area contributed by atoms with Crippen molar-refractivity contribution in [1.82, 2.24) is 9.78 Å². The third-order valence-corrected chi connectivity index (χ3v) is 3.55. The number of anilines is 1. The van der Waals surface area contributed by atoms with Crippen LogP contribution in [0.25, 0.3) is 5.69 Å². The minimum Gasteiger partial charge on any atom is -0.371 e. The summed E-state index contributed by atoms with van der Waals surface area (Å²) < 4.78 is 1.21. The first-order chi connectivity index (χ1) is 10.0. The van der Waals surface area contributed by atoms with E-state index in [4.69, 9.17) is 28.5 Å². The summed E-state index contributed by atoms with van der Waals surface area (Å²) in [5.74, 6) is 0. The molecule has 0 atom stereocenters. The molecule has 0 N–H and O–H groups in total. The average molecular weight is 323 g/mol. The van der Waals surface area contributed by atoms with Crippen LogP contribution >= 0.6 is 23.2 Å². The number of hydrogen-bond acceptors (Lipinski definition) is 4. The van der Waals surface area contributed by atoms with E-state index in [1.54, 1.807) is 36.2 Å². The normalized spacial score (nSPS) is 10.2. The summed E-state index contributed by atoms with van der Waals surface area (Å²) >= 11 is 11.9. The van der Waals surface area contributed by atoms with Gasteiger partial charge in [0.2, 0.25) is 0 Å². The van der Waals surface area contributed by atoms with Crippen LogP contribution in [-0.2, 0) is 0 Å². The highest BCUT2D eigenvalue weighted by Gasteiger charge is 2.13. The number of benzene rings is 1. The molecule has 0 saturated heterocycles. The Morgan fingerprint density at radius 3 is 2.62 bits per heavy atom. The molecule has 0 amide bonds. The SMILES string of the molecule is CN(CCC#N)c1cnn(-c2ccc(Cl)cc2)c(=O)c1Cl. The summed E-state index contributed by atoms with van der Waals surface area (Å²) in [7, 11) is 1.76. The third-order valence-electron chi connectivity index (χ3n) is 2.94. The molecule has 5 nitrogen and oxygen atoms in total. The Balaban J connectivity index is 2.40. The van der Waals surface area contributed by atoms with Crippen molar-refractivity contribution in [2.24, 2.45) is 0 Å². The minimum absolute atomic E-state index is 0.0698.